The third kappa shape index (κ3) is 2.22. The first-order valence-electron chi connectivity index (χ1n) is 3.77. The molecule has 0 atom stereocenters. The molecule has 14 heavy (non-hydrogen) atoms. The first kappa shape index (κ1) is 10.0. The standard InChI is InChI=1S/C7H10N4O3/c1-11(2)8-3-4-5(12)9-7(14)10-6(4)13/h3H,1-2H3,(H3,9,10,12,13,14). The largest absolute Gasteiger partial charge is 0.494 e. The number of nitrogens with one attached hydrogen (secondary N) is 2. The Bertz CT molecular complexity index is 457. The molecular formula is C7H10N4O3. The van der Waals surface area contributed by atoms with Crippen LogP contribution in [0.4, 0.5) is 0 Å². The monoisotopic (exact) mass is 198 g/mol. The molecule has 1 heterocycles. The van der Waals surface area contributed by atoms with E-state index in [1.54, 1.807) is 14.1 Å². The molecule has 0 aromatic carbocycles. The predicted molar refractivity (Wildman–Crippen MR) is 50.6 cm³/mol. The lowest BCUT2D eigenvalue weighted by molar-refractivity contribution is 0.436. The van der Waals surface area contributed by atoms with Crippen LogP contribution in [0.15, 0.2) is 14.7 Å². The summed E-state index contributed by atoms with van der Waals surface area (Å²) in [4.78, 5) is 25.8. The molecule has 7 nitrogen and oxygen atoms in total. The van der Waals surface area contributed by atoms with Crippen LogP contribution in [0.5, 0.6) is 5.88 Å². The summed E-state index contributed by atoms with van der Waals surface area (Å²) in [6.45, 7) is 0. The molecule has 1 aromatic rings. The second-order valence-electron chi connectivity index (χ2n) is 2.76. The smallest absolute Gasteiger partial charge is 0.328 e. The number of rotatable bonds is 2. The van der Waals surface area contributed by atoms with E-state index in [1.165, 1.54) is 5.01 Å². The molecule has 0 aliphatic heterocycles. The first-order chi connectivity index (χ1) is 6.50. The van der Waals surface area contributed by atoms with Crippen molar-refractivity contribution in [1.82, 2.24) is 15.0 Å². The summed E-state index contributed by atoms with van der Waals surface area (Å²) < 4.78 is 0. The van der Waals surface area contributed by atoms with E-state index in [2.05, 4.69) is 5.10 Å². The third-order valence-electron chi connectivity index (χ3n) is 1.38. The summed E-state index contributed by atoms with van der Waals surface area (Å²) >= 11 is 0. The van der Waals surface area contributed by atoms with E-state index in [9.17, 15) is 14.7 Å². The van der Waals surface area contributed by atoms with Gasteiger partial charge < -0.3 is 10.1 Å². The van der Waals surface area contributed by atoms with Crippen molar-refractivity contribution in [2.45, 2.75) is 0 Å². The summed E-state index contributed by atoms with van der Waals surface area (Å²) in [6, 6.07) is 0. The lowest BCUT2D eigenvalue weighted by Gasteiger charge is -2.02. The van der Waals surface area contributed by atoms with Gasteiger partial charge in [0.25, 0.3) is 5.56 Å². The summed E-state index contributed by atoms with van der Waals surface area (Å²) in [7, 11) is 3.32. The second-order valence-corrected chi connectivity index (χ2v) is 2.76. The van der Waals surface area contributed by atoms with E-state index in [-0.39, 0.29) is 5.56 Å². The zero-order valence-electron chi connectivity index (χ0n) is 7.74. The van der Waals surface area contributed by atoms with Crippen molar-refractivity contribution in [3.05, 3.63) is 26.4 Å². The molecule has 1 rings (SSSR count). The number of aromatic nitrogens is 2. The van der Waals surface area contributed by atoms with Crippen molar-refractivity contribution in [2.75, 3.05) is 14.1 Å². The predicted octanol–water partition coefficient (Wildman–Crippen LogP) is -1.34. The highest BCUT2D eigenvalue weighted by Gasteiger charge is 2.04. The summed E-state index contributed by atoms with van der Waals surface area (Å²) in [5.74, 6) is -0.496. The van der Waals surface area contributed by atoms with Gasteiger partial charge in [0.05, 0.1) is 6.21 Å². The average molecular weight is 198 g/mol. The van der Waals surface area contributed by atoms with E-state index < -0.39 is 17.1 Å². The van der Waals surface area contributed by atoms with E-state index >= 15 is 0 Å². The second kappa shape index (κ2) is 3.77. The van der Waals surface area contributed by atoms with Crippen molar-refractivity contribution < 1.29 is 5.11 Å². The van der Waals surface area contributed by atoms with E-state index in [0.29, 0.717) is 0 Å². The van der Waals surface area contributed by atoms with Crippen LogP contribution in [0.25, 0.3) is 0 Å². The molecule has 0 bridgehead atoms. The van der Waals surface area contributed by atoms with Crippen LogP contribution in [0.2, 0.25) is 0 Å². The molecule has 7 heteroatoms. The van der Waals surface area contributed by atoms with E-state index in [0.717, 1.165) is 6.21 Å². The van der Waals surface area contributed by atoms with Gasteiger partial charge in [-0.3, -0.25) is 14.8 Å². The van der Waals surface area contributed by atoms with Gasteiger partial charge in [-0.1, -0.05) is 0 Å². The molecule has 0 aliphatic carbocycles. The Morgan fingerprint density at radius 2 is 2.00 bits per heavy atom. The molecule has 0 saturated carbocycles. The molecule has 0 radical (unpaired) electrons. The van der Waals surface area contributed by atoms with Crippen molar-refractivity contribution in [1.29, 1.82) is 0 Å². The topological polar surface area (TPSA) is 102 Å². The molecule has 0 amide bonds. The summed E-state index contributed by atoms with van der Waals surface area (Å²) in [5.41, 5.74) is -1.52. The fourth-order valence-electron chi connectivity index (χ4n) is 0.777. The van der Waals surface area contributed by atoms with Gasteiger partial charge in [-0.2, -0.15) is 5.10 Å². The van der Waals surface area contributed by atoms with Gasteiger partial charge in [0.2, 0.25) is 5.88 Å². The van der Waals surface area contributed by atoms with Gasteiger partial charge in [-0.05, 0) is 0 Å². The molecule has 0 saturated heterocycles. The third-order valence-corrected chi connectivity index (χ3v) is 1.38. The average Bonchev–Trinajstić information content (AvgIpc) is 2.01. The van der Waals surface area contributed by atoms with Crippen LogP contribution >= 0.6 is 0 Å². The van der Waals surface area contributed by atoms with Gasteiger partial charge in [-0.15, -0.1) is 0 Å². The maximum absolute atomic E-state index is 11.1. The van der Waals surface area contributed by atoms with Gasteiger partial charge in [0.1, 0.15) is 5.56 Å². The Labute approximate surface area is 78.7 Å². The Kier molecular flexibility index (Phi) is 2.70. The lowest BCUT2D eigenvalue weighted by atomic mass is 10.3. The molecule has 0 spiro atoms. The maximum Gasteiger partial charge on any atom is 0.328 e. The molecule has 0 fully saturated rings. The highest BCUT2D eigenvalue weighted by molar-refractivity contribution is 5.81. The Morgan fingerprint density at radius 3 is 2.50 bits per heavy atom. The Hall–Kier alpha value is -2.05. The van der Waals surface area contributed by atoms with Crippen molar-refractivity contribution >= 4 is 6.21 Å². The number of hydrogen-bond acceptors (Lipinski definition) is 5. The zero-order chi connectivity index (χ0) is 10.7. The van der Waals surface area contributed by atoms with Crippen LogP contribution in [-0.2, 0) is 0 Å². The Balaban J connectivity index is 3.22. The molecular weight excluding hydrogens is 188 g/mol. The van der Waals surface area contributed by atoms with Crippen LogP contribution in [0, 0.1) is 0 Å². The Morgan fingerprint density at radius 1 is 1.36 bits per heavy atom. The quantitative estimate of drug-likeness (QED) is 0.404. The van der Waals surface area contributed by atoms with Crippen LogP contribution in [0.3, 0.4) is 0 Å². The van der Waals surface area contributed by atoms with Gasteiger partial charge in [-0.25, -0.2) is 4.79 Å². The summed E-state index contributed by atoms with van der Waals surface area (Å²) in [6.07, 6.45) is 1.16. The van der Waals surface area contributed by atoms with Crippen molar-refractivity contribution in [2.24, 2.45) is 5.10 Å². The molecule has 0 aliphatic rings. The van der Waals surface area contributed by atoms with Crippen molar-refractivity contribution in [3.63, 3.8) is 0 Å². The zero-order valence-corrected chi connectivity index (χ0v) is 7.74. The van der Waals surface area contributed by atoms with Gasteiger partial charge >= 0.3 is 5.69 Å². The van der Waals surface area contributed by atoms with Crippen molar-refractivity contribution in [3.8, 4) is 5.88 Å². The van der Waals surface area contributed by atoms with Crippen LogP contribution in [0.1, 0.15) is 5.56 Å². The highest BCUT2D eigenvalue weighted by Crippen LogP contribution is 2.00. The van der Waals surface area contributed by atoms with Gasteiger partial charge in [0, 0.05) is 14.1 Å². The first-order valence-corrected chi connectivity index (χ1v) is 3.77. The minimum Gasteiger partial charge on any atom is -0.494 e. The van der Waals surface area contributed by atoms with Gasteiger partial charge in [0.15, 0.2) is 0 Å². The summed E-state index contributed by atoms with van der Waals surface area (Å²) in [5, 5.41) is 14.4. The molecule has 76 valence electrons. The van der Waals surface area contributed by atoms with E-state index in [1.807, 2.05) is 9.97 Å². The van der Waals surface area contributed by atoms with Crippen LogP contribution in [-0.4, -0.2) is 40.4 Å². The number of hydrazone groups is 1. The number of hydrogen-bond donors (Lipinski definition) is 3. The fourth-order valence-corrected chi connectivity index (χ4v) is 0.777. The number of aromatic amines is 2. The highest BCUT2D eigenvalue weighted by atomic mass is 16.3. The molecule has 3 N–H and O–H groups in total. The molecule has 0 unspecified atom stereocenters. The van der Waals surface area contributed by atoms with E-state index in [4.69, 9.17) is 0 Å². The number of H-pyrrole nitrogens is 2. The number of nitrogens with zero attached hydrogens (tertiary/aromatic N) is 2. The maximum atomic E-state index is 11.1. The normalized spacial score (nSPS) is 10.7. The lowest BCUT2D eigenvalue weighted by Crippen LogP contribution is -2.25. The fraction of sp³-hybridized carbons (Fsp3) is 0.286. The van der Waals surface area contributed by atoms with Crippen LogP contribution < -0.4 is 11.2 Å². The number of aromatic hydroxyl groups is 1. The molecule has 1 aromatic heterocycles. The minimum atomic E-state index is -0.755. The SMILES string of the molecule is CN(C)N=Cc1c(O)[nH]c(=O)[nH]c1=O. The minimum absolute atomic E-state index is 0.0849.